The Kier molecular flexibility index (Phi) is 4.26. The Hall–Kier alpha value is -0.930. The average Bonchev–Trinajstić information content (AvgIpc) is 2.34. The Bertz CT molecular complexity index is 454. The molecule has 1 aromatic rings. The lowest BCUT2D eigenvalue weighted by atomic mass is 9.82. The molecule has 0 spiro atoms. The van der Waals surface area contributed by atoms with Crippen LogP contribution < -0.4 is 14.8 Å². The first-order valence-electron chi connectivity index (χ1n) is 6.76. The normalized spacial score (nSPS) is 16.3. The van der Waals surface area contributed by atoms with Crippen LogP contribution in [0.25, 0.3) is 0 Å². The summed E-state index contributed by atoms with van der Waals surface area (Å²) in [6, 6.07) is 4.05. The molecule has 0 aliphatic carbocycles. The van der Waals surface area contributed by atoms with Gasteiger partial charge in [-0.15, -0.1) is 0 Å². The largest absolute Gasteiger partial charge is 0.486 e. The Morgan fingerprint density at radius 2 is 1.79 bits per heavy atom. The maximum Gasteiger partial charge on any atom is 0.162 e. The van der Waals surface area contributed by atoms with Gasteiger partial charge in [-0.25, -0.2) is 0 Å². The first-order chi connectivity index (χ1) is 8.93. The van der Waals surface area contributed by atoms with Crippen molar-refractivity contribution in [3.63, 3.8) is 0 Å². The zero-order valence-corrected chi connectivity index (χ0v) is 12.8. The molecule has 19 heavy (non-hydrogen) atoms. The van der Waals surface area contributed by atoms with E-state index in [0.29, 0.717) is 13.2 Å². The lowest BCUT2D eigenvalue weighted by Gasteiger charge is -2.33. The number of fused-ring (bicyclic) bond motifs is 1. The Morgan fingerprint density at radius 3 is 2.32 bits per heavy atom. The van der Waals surface area contributed by atoms with Crippen molar-refractivity contribution in [3.05, 3.63) is 22.7 Å². The summed E-state index contributed by atoms with van der Waals surface area (Å²) >= 11 is 6.42. The summed E-state index contributed by atoms with van der Waals surface area (Å²) in [5.74, 6) is 1.53. The third-order valence-corrected chi connectivity index (χ3v) is 3.57. The lowest BCUT2D eigenvalue weighted by molar-refractivity contribution is 0.170. The van der Waals surface area contributed by atoms with Gasteiger partial charge in [-0.1, -0.05) is 39.3 Å². The zero-order chi connectivity index (χ0) is 14.0. The van der Waals surface area contributed by atoms with Gasteiger partial charge in [0, 0.05) is 17.1 Å². The number of benzene rings is 1. The van der Waals surface area contributed by atoms with Crippen molar-refractivity contribution in [1.29, 1.82) is 0 Å². The summed E-state index contributed by atoms with van der Waals surface area (Å²) in [7, 11) is 0. The molecule has 0 fully saturated rings. The van der Waals surface area contributed by atoms with E-state index in [0.717, 1.165) is 28.6 Å². The maximum atomic E-state index is 6.42. The molecule has 0 saturated heterocycles. The van der Waals surface area contributed by atoms with Crippen molar-refractivity contribution in [3.8, 4) is 11.5 Å². The molecule has 1 aliphatic rings. The molecule has 2 rings (SSSR count). The van der Waals surface area contributed by atoms with Crippen molar-refractivity contribution in [2.75, 3.05) is 19.8 Å². The monoisotopic (exact) mass is 283 g/mol. The minimum absolute atomic E-state index is 0.0728. The van der Waals surface area contributed by atoms with Crippen LogP contribution in [0, 0.1) is 5.41 Å². The molecule has 1 heterocycles. The first-order valence-corrected chi connectivity index (χ1v) is 7.13. The van der Waals surface area contributed by atoms with Gasteiger partial charge in [-0.3, -0.25) is 0 Å². The average molecular weight is 284 g/mol. The van der Waals surface area contributed by atoms with E-state index in [1.165, 1.54) is 0 Å². The van der Waals surface area contributed by atoms with Crippen LogP contribution >= 0.6 is 11.6 Å². The highest BCUT2D eigenvalue weighted by molar-refractivity contribution is 6.31. The van der Waals surface area contributed by atoms with Crippen molar-refractivity contribution in [2.45, 2.75) is 33.7 Å². The molecule has 0 bridgehead atoms. The van der Waals surface area contributed by atoms with Crippen LogP contribution in [0.5, 0.6) is 11.5 Å². The second-order valence-corrected chi connectivity index (χ2v) is 6.28. The third-order valence-electron chi connectivity index (χ3n) is 3.25. The van der Waals surface area contributed by atoms with Crippen LogP contribution in [0.1, 0.15) is 39.3 Å². The highest BCUT2D eigenvalue weighted by Crippen LogP contribution is 2.42. The molecule has 3 nitrogen and oxygen atoms in total. The van der Waals surface area contributed by atoms with E-state index in [2.05, 4.69) is 33.0 Å². The minimum Gasteiger partial charge on any atom is -0.486 e. The van der Waals surface area contributed by atoms with Crippen molar-refractivity contribution >= 4 is 11.6 Å². The summed E-state index contributed by atoms with van der Waals surface area (Å²) < 4.78 is 11.2. The van der Waals surface area contributed by atoms with Gasteiger partial charge in [0.2, 0.25) is 0 Å². The van der Waals surface area contributed by atoms with E-state index in [9.17, 15) is 0 Å². The maximum absolute atomic E-state index is 6.42. The van der Waals surface area contributed by atoms with Gasteiger partial charge < -0.3 is 14.8 Å². The molecule has 1 unspecified atom stereocenters. The molecule has 1 atom stereocenters. The lowest BCUT2D eigenvalue weighted by Crippen LogP contribution is -2.32. The molecule has 0 radical (unpaired) electrons. The Balaban J connectivity index is 2.42. The molecular formula is C15H22ClNO2. The first kappa shape index (κ1) is 14.5. The van der Waals surface area contributed by atoms with Crippen LogP contribution in [-0.4, -0.2) is 19.8 Å². The predicted octanol–water partition coefficient (Wildman–Crippen LogP) is 3.81. The van der Waals surface area contributed by atoms with Gasteiger partial charge >= 0.3 is 0 Å². The Morgan fingerprint density at radius 1 is 1.21 bits per heavy atom. The summed E-state index contributed by atoms with van der Waals surface area (Å²) in [4.78, 5) is 0. The molecule has 1 aromatic carbocycles. The minimum atomic E-state index is 0.0728. The van der Waals surface area contributed by atoms with Crippen molar-refractivity contribution < 1.29 is 9.47 Å². The fourth-order valence-electron chi connectivity index (χ4n) is 2.39. The van der Waals surface area contributed by atoms with Gasteiger partial charge in [0.15, 0.2) is 11.5 Å². The number of halogens is 1. The van der Waals surface area contributed by atoms with Crippen LogP contribution in [0.4, 0.5) is 0 Å². The van der Waals surface area contributed by atoms with Crippen molar-refractivity contribution in [1.82, 2.24) is 5.32 Å². The number of ether oxygens (including phenoxy) is 2. The number of nitrogens with one attached hydrogen (secondary N) is 1. The van der Waals surface area contributed by atoms with Crippen LogP contribution in [-0.2, 0) is 0 Å². The molecule has 0 saturated carbocycles. The summed E-state index contributed by atoms with van der Waals surface area (Å²) in [6.45, 7) is 10.8. The standard InChI is InChI=1S/C15H22ClNO2/c1-5-17-14(15(2,3)4)10-8-12-13(9-11(10)16)19-7-6-18-12/h8-9,14,17H,5-7H2,1-4H3. The number of hydrogen-bond acceptors (Lipinski definition) is 3. The number of rotatable bonds is 3. The molecular weight excluding hydrogens is 262 g/mol. The van der Waals surface area contributed by atoms with Gasteiger partial charge in [0.05, 0.1) is 0 Å². The smallest absolute Gasteiger partial charge is 0.162 e. The highest BCUT2D eigenvalue weighted by Gasteiger charge is 2.29. The van der Waals surface area contributed by atoms with E-state index in [1.54, 1.807) is 0 Å². The van der Waals surface area contributed by atoms with E-state index in [1.807, 2.05) is 12.1 Å². The molecule has 0 aromatic heterocycles. The zero-order valence-electron chi connectivity index (χ0n) is 12.0. The summed E-state index contributed by atoms with van der Waals surface area (Å²) in [5.41, 5.74) is 1.14. The Labute approximate surface area is 120 Å². The fraction of sp³-hybridized carbons (Fsp3) is 0.600. The molecule has 4 heteroatoms. The van der Waals surface area contributed by atoms with Crippen LogP contribution in [0.2, 0.25) is 5.02 Å². The molecule has 1 aliphatic heterocycles. The van der Waals surface area contributed by atoms with Crippen LogP contribution in [0.3, 0.4) is 0 Å². The van der Waals surface area contributed by atoms with Gasteiger partial charge in [0.1, 0.15) is 13.2 Å². The topological polar surface area (TPSA) is 30.5 Å². The second-order valence-electron chi connectivity index (χ2n) is 5.87. The van der Waals surface area contributed by atoms with E-state index >= 15 is 0 Å². The fourth-order valence-corrected chi connectivity index (χ4v) is 2.65. The summed E-state index contributed by atoms with van der Waals surface area (Å²) in [6.07, 6.45) is 0. The summed E-state index contributed by atoms with van der Waals surface area (Å²) in [5, 5.41) is 4.23. The van der Waals surface area contributed by atoms with Gasteiger partial charge in [-0.2, -0.15) is 0 Å². The van der Waals surface area contributed by atoms with Crippen molar-refractivity contribution in [2.24, 2.45) is 5.41 Å². The molecule has 1 N–H and O–H groups in total. The molecule has 0 amide bonds. The van der Waals surface area contributed by atoms with Gasteiger partial charge in [-0.05, 0) is 23.6 Å². The quantitative estimate of drug-likeness (QED) is 0.915. The number of hydrogen-bond donors (Lipinski definition) is 1. The van der Waals surface area contributed by atoms with E-state index in [4.69, 9.17) is 21.1 Å². The van der Waals surface area contributed by atoms with Gasteiger partial charge in [0.25, 0.3) is 0 Å². The van der Waals surface area contributed by atoms with Crippen LogP contribution in [0.15, 0.2) is 12.1 Å². The van der Waals surface area contributed by atoms with E-state index < -0.39 is 0 Å². The SMILES string of the molecule is CCNC(c1cc2c(cc1Cl)OCCO2)C(C)(C)C. The van der Waals surface area contributed by atoms with E-state index in [-0.39, 0.29) is 11.5 Å². The third kappa shape index (κ3) is 3.15. The highest BCUT2D eigenvalue weighted by atomic mass is 35.5. The predicted molar refractivity (Wildman–Crippen MR) is 78.3 cm³/mol. The molecule has 106 valence electrons. The second kappa shape index (κ2) is 5.59.